The summed E-state index contributed by atoms with van der Waals surface area (Å²) in [5.74, 6) is 0.877. The Balaban J connectivity index is 1.90. The van der Waals surface area contributed by atoms with Crippen molar-refractivity contribution in [2.45, 2.75) is 44.9 Å². The highest BCUT2D eigenvalue weighted by molar-refractivity contribution is 5.48. The highest BCUT2D eigenvalue weighted by atomic mass is 14.9. The van der Waals surface area contributed by atoms with E-state index in [9.17, 15) is 0 Å². The second-order valence-electron chi connectivity index (χ2n) is 6.12. The SMILES string of the molecule is C1=CC2=C3C=C4CCCCC4C2(CC1)CCN3. The molecule has 1 N–H and O–H groups in total. The second-order valence-corrected chi connectivity index (χ2v) is 6.12. The topological polar surface area (TPSA) is 12.0 Å². The van der Waals surface area contributed by atoms with Crippen molar-refractivity contribution >= 4 is 0 Å². The van der Waals surface area contributed by atoms with Crippen molar-refractivity contribution in [3.63, 3.8) is 0 Å². The van der Waals surface area contributed by atoms with Crippen LogP contribution in [0.5, 0.6) is 0 Å². The van der Waals surface area contributed by atoms with Crippen LogP contribution in [0.2, 0.25) is 0 Å². The van der Waals surface area contributed by atoms with Gasteiger partial charge in [0.2, 0.25) is 0 Å². The molecule has 0 saturated heterocycles. The first-order valence-corrected chi connectivity index (χ1v) is 7.26. The molecule has 1 heterocycles. The van der Waals surface area contributed by atoms with E-state index >= 15 is 0 Å². The van der Waals surface area contributed by atoms with E-state index < -0.39 is 0 Å². The second kappa shape index (κ2) is 3.51. The van der Waals surface area contributed by atoms with E-state index in [1.807, 2.05) is 0 Å². The van der Waals surface area contributed by atoms with Gasteiger partial charge in [-0.05, 0) is 56.1 Å². The molecule has 1 aliphatic heterocycles. The van der Waals surface area contributed by atoms with Crippen LogP contribution in [0.25, 0.3) is 0 Å². The van der Waals surface area contributed by atoms with Crippen molar-refractivity contribution in [2.75, 3.05) is 6.54 Å². The Morgan fingerprint density at radius 2 is 2.24 bits per heavy atom. The van der Waals surface area contributed by atoms with Gasteiger partial charge in [-0.3, -0.25) is 0 Å². The van der Waals surface area contributed by atoms with Crippen molar-refractivity contribution in [1.29, 1.82) is 0 Å². The molecule has 90 valence electrons. The first kappa shape index (κ1) is 9.99. The van der Waals surface area contributed by atoms with Gasteiger partial charge in [0.25, 0.3) is 0 Å². The predicted molar refractivity (Wildman–Crippen MR) is 70.5 cm³/mol. The Bertz CT molecular complexity index is 440. The molecule has 2 unspecified atom stereocenters. The summed E-state index contributed by atoms with van der Waals surface area (Å²) in [6, 6.07) is 0. The monoisotopic (exact) mass is 227 g/mol. The van der Waals surface area contributed by atoms with Gasteiger partial charge in [-0.15, -0.1) is 0 Å². The number of hydrogen-bond acceptors (Lipinski definition) is 1. The Morgan fingerprint density at radius 3 is 3.24 bits per heavy atom. The Hall–Kier alpha value is -0.980. The normalized spacial score (nSPS) is 39.1. The van der Waals surface area contributed by atoms with Crippen molar-refractivity contribution in [2.24, 2.45) is 11.3 Å². The maximum atomic E-state index is 3.63. The molecule has 1 fully saturated rings. The lowest BCUT2D eigenvalue weighted by Gasteiger charge is -2.52. The minimum absolute atomic E-state index is 0.528. The average molecular weight is 227 g/mol. The van der Waals surface area contributed by atoms with Gasteiger partial charge >= 0.3 is 0 Å². The fraction of sp³-hybridized carbons (Fsp3) is 0.625. The zero-order valence-corrected chi connectivity index (χ0v) is 10.5. The van der Waals surface area contributed by atoms with Crippen LogP contribution in [-0.2, 0) is 0 Å². The number of hydrogen-bond donors (Lipinski definition) is 1. The van der Waals surface area contributed by atoms with Crippen molar-refractivity contribution < 1.29 is 0 Å². The third-order valence-corrected chi connectivity index (χ3v) is 5.41. The van der Waals surface area contributed by atoms with Crippen LogP contribution >= 0.6 is 0 Å². The zero-order valence-electron chi connectivity index (χ0n) is 10.5. The van der Waals surface area contributed by atoms with Gasteiger partial charge < -0.3 is 5.32 Å². The van der Waals surface area contributed by atoms with Crippen LogP contribution in [0.3, 0.4) is 0 Å². The van der Waals surface area contributed by atoms with E-state index in [1.54, 1.807) is 11.1 Å². The third-order valence-electron chi connectivity index (χ3n) is 5.41. The molecule has 0 spiro atoms. The molecule has 0 aromatic heterocycles. The van der Waals surface area contributed by atoms with E-state index in [2.05, 4.69) is 23.5 Å². The minimum Gasteiger partial charge on any atom is -0.385 e. The van der Waals surface area contributed by atoms with Gasteiger partial charge in [-0.2, -0.15) is 0 Å². The number of nitrogens with one attached hydrogen (secondary N) is 1. The fourth-order valence-electron chi connectivity index (χ4n) is 4.67. The smallest absolute Gasteiger partial charge is 0.0378 e. The summed E-state index contributed by atoms with van der Waals surface area (Å²) in [5, 5.41) is 3.63. The maximum Gasteiger partial charge on any atom is 0.0378 e. The van der Waals surface area contributed by atoms with Gasteiger partial charge in [-0.1, -0.05) is 24.1 Å². The Labute approximate surface area is 104 Å². The molecule has 2 bridgehead atoms. The van der Waals surface area contributed by atoms with Crippen molar-refractivity contribution in [3.05, 3.63) is 35.1 Å². The van der Waals surface area contributed by atoms with Crippen LogP contribution in [0.1, 0.15) is 44.9 Å². The molecule has 0 radical (unpaired) electrons. The summed E-state index contributed by atoms with van der Waals surface area (Å²) in [6.07, 6.45) is 17.0. The minimum atomic E-state index is 0.528. The van der Waals surface area contributed by atoms with Crippen molar-refractivity contribution in [1.82, 2.24) is 5.32 Å². The number of fused-ring (bicyclic) bond motifs is 1. The third kappa shape index (κ3) is 1.26. The highest BCUT2D eigenvalue weighted by Crippen LogP contribution is 2.57. The Morgan fingerprint density at radius 1 is 1.24 bits per heavy atom. The molecule has 17 heavy (non-hydrogen) atoms. The lowest BCUT2D eigenvalue weighted by Crippen LogP contribution is -2.46. The molecule has 1 heteroatoms. The number of rotatable bonds is 0. The molecule has 0 amide bonds. The molecule has 2 atom stereocenters. The van der Waals surface area contributed by atoms with Gasteiger partial charge in [0.05, 0.1) is 0 Å². The molecular weight excluding hydrogens is 206 g/mol. The zero-order chi connectivity index (χ0) is 11.3. The maximum absolute atomic E-state index is 3.63. The largest absolute Gasteiger partial charge is 0.385 e. The lowest BCUT2D eigenvalue weighted by molar-refractivity contribution is 0.160. The first-order chi connectivity index (χ1) is 8.40. The lowest BCUT2D eigenvalue weighted by atomic mass is 9.54. The quantitative estimate of drug-likeness (QED) is 0.665. The summed E-state index contributed by atoms with van der Waals surface area (Å²) in [6.45, 7) is 1.19. The van der Waals surface area contributed by atoms with Crippen LogP contribution in [0.4, 0.5) is 0 Å². The van der Waals surface area contributed by atoms with Gasteiger partial charge in [-0.25, -0.2) is 0 Å². The van der Waals surface area contributed by atoms with E-state index in [1.165, 1.54) is 57.2 Å². The van der Waals surface area contributed by atoms with Crippen LogP contribution < -0.4 is 5.32 Å². The Kier molecular flexibility index (Phi) is 2.06. The molecule has 0 aromatic carbocycles. The van der Waals surface area contributed by atoms with E-state index in [-0.39, 0.29) is 0 Å². The summed E-state index contributed by atoms with van der Waals surface area (Å²) in [7, 11) is 0. The first-order valence-electron chi connectivity index (χ1n) is 7.26. The molecule has 0 aromatic rings. The van der Waals surface area contributed by atoms with Crippen LogP contribution in [-0.4, -0.2) is 6.54 Å². The molecule has 1 nitrogen and oxygen atoms in total. The van der Waals surface area contributed by atoms with Gasteiger partial charge in [0.15, 0.2) is 0 Å². The fourth-order valence-corrected chi connectivity index (χ4v) is 4.67. The average Bonchev–Trinajstić information content (AvgIpc) is 2.39. The summed E-state index contributed by atoms with van der Waals surface area (Å²) in [5.41, 5.74) is 5.39. The molecule has 4 aliphatic rings. The van der Waals surface area contributed by atoms with Gasteiger partial charge in [0.1, 0.15) is 0 Å². The van der Waals surface area contributed by atoms with Gasteiger partial charge in [0, 0.05) is 17.7 Å². The highest BCUT2D eigenvalue weighted by Gasteiger charge is 2.48. The van der Waals surface area contributed by atoms with E-state index in [0.717, 1.165) is 5.92 Å². The molecule has 4 rings (SSSR count). The molecular formula is C16H21N. The predicted octanol–water partition coefficient (Wildman–Crippen LogP) is 3.70. The standard InChI is InChI=1S/C16H21N/c1-2-6-13-12(5-1)11-15-14-7-3-4-8-16(13,14)9-10-17-15/h3,7,11,13,17H,1-2,4-6,8-10H2. The van der Waals surface area contributed by atoms with Crippen LogP contribution in [0, 0.1) is 11.3 Å². The molecule has 1 saturated carbocycles. The summed E-state index contributed by atoms with van der Waals surface area (Å²) < 4.78 is 0. The molecule has 3 aliphatic carbocycles. The van der Waals surface area contributed by atoms with E-state index in [0.29, 0.717) is 5.41 Å². The number of allylic oxidation sites excluding steroid dienone is 5. The van der Waals surface area contributed by atoms with Crippen molar-refractivity contribution in [3.8, 4) is 0 Å². The summed E-state index contributed by atoms with van der Waals surface area (Å²) >= 11 is 0. The summed E-state index contributed by atoms with van der Waals surface area (Å²) in [4.78, 5) is 0. The van der Waals surface area contributed by atoms with E-state index in [4.69, 9.17) is 0 Å². The van der Waals surface area contributed by atoms with Crippen LogP contribution in [0.15, 0.2) is 35.1 Å².